The van der Waals surface area contributed by atoms with Crippen LogP contribution >= 0.6 is 0 Å². The molecule has 0 bridgehead atoms. The van der Waals surface area contributed by atoms with E-state index in [1.165, 1.54) is 31.1 Å². The molecule has 0 unspecified atom stereocenters. The summed E-state index contributed by atoms with van der Waals surface area (Å²) in [5.74, 6) is -0.120. The Balaban J connectivity index is 1.75. The van der Waals surface area contributed by atoms with E-state index in [1.54, 1.807) is 0 Å². The minimum Gasteiger partial charge on any atom is -0.465 e. The number of rotatable bonds is 9. The lowest BCUT2D eigenvalue weighted by Crippen LogP contribution is -2.09. The molecule has 0 N–H and O–H groups in total. The van der Waals surface area contributed by atoms with Crippen molar-refractivity contribution in [2.75, 3.05) is 6.61 Å². The number of carbonyl (C=O) groups excluding carboxylic acids is 1. The van der Waals surface area contributed by atoms with Gasteiger partial charge in [-0.05, 0) is 22.8 Å². The quantitative estimate of drug-likeness (QED) is 0.464. The Morgan fingerprint density at radius 2 is 1.64 bits per heavy atom. The molecule has 0 spiro atoms. The van der Waals surface area contributed by atoms with Crippen molar-refractivity contribution in [3.63, 3.8) is 0 Å². The molecule has 2 aromatic carbocycles. The highest BCUT2D eigenvalue weighted by Crippen LogP contribution is 2.19. The van der Waals surface area contributed by atoms with Gasteiger partial charge in [0, 0.05) is 0 Å². The second-order valence-corrected chi connectivity index (χ2v) is 5.80. The average Bonchev–Trinajstić information content (AvgIpc) is 2.54. The van der Waals surface area contributed by atoms with Crippen LogP contribution < -0.4 is 0 Å². The number of esters is 1. The number of ether oxygens (including phenoxy) is 1. The summed E-state index contributed by atoms with van der Waals surface area (Å²) in [6.07, 6.45) is 7.60. The first kappa shape index (κ1) is 16.5. The van der Waals surface area contributed by atoms with Crippen molar-refractivity contribution in [1.82, 2.24) is 0 Å². The third-order valence-corrected chi connectivity index (χ3v) is 3.98. The van der Waals surface area contributed by atoms with E-state index in [0.29, 0.717) is 13.0 Å². The second-order valence-electron chi connectivity index (χ2n) is 5.80. The van der Waals surface area contributed by atoms with Crippen LogP contribution in [-0.4, -0.2) is 12.6 Å². The number of carbonyl (C=O) groups is 1. The minimum atomic E-state index is -0.120. The van der Waals surface area contributed by atoms with Crippen molar-refractivity contribution in [1.29, 1.82) is 0 Å². The molecule has 0 fully saturated rings. The van der Waals surface area contributed by atoms with Crippen LogP contribution in [0, 0.1) is 0 Å². The van der Waals surface area contributed by atoms with E-state index in [0.717, 1.165) is 23.8 Å². The van der Waals surface area contributed by atoms with Crippen LogP contribution in [0.1, 0.15) is 51.0 Å². The van der Waals surface area contributed by atoms with Crippen molar-refractivity contribution in [2.24, 2.45) is 0 Å². The monoisotopic (exact) mass is 298 g/mol. The summed E-state index contributed by atoms with van der Waals surface area (Å²) in [6, 6.07) is 14.2. The summed E-state index contributed by atoms with van der Waals surface area (Å²) in [5, 5.41) is 2.31. The van der Waals surface area contributed by atoms with E-state index in [9.17, 15) is 4.79 Å². The summed E-state index contributed by atoms with van der Waals surface area (Å²) < 4.78 is 5.36. The zero-order valence-electron chi connectivity index (χ0n) is 13.5. The first-order valence-electron chi connectivity index (χ1n) is 8.43. The van der Waals surface area contributed by atoms with Crippen LogP contribution in [0.2, 0.25) is 0 Å². The fourth-order valence-electron chi connectivity index (χ4n) is 2.72. The third-order valence-electron chi connectivity index (χ3n) is 3.98. The van der Waals surface area contributed by atoms with E-state index in [1.807, 2.05) is 24.3 Å². The Morgan fingerprint density at radius 3 is 2.50 bits per heavy atom. The predicted octanol–water partition coefficient (Wildman–Crippen LogP) is 5.29. The zero-order chi connectivity index (χ0) is 15.6. The predicted molar refractivity (Wildman–Crippen MR) is 92.0 cm³/mol. The molecule has 0 aliphatic carbocycles. The maximum absolute atomic E-state index is 12.0. The molecule has 0 amide bonds. The highest BCUT2D eigenvalue weighted by Gasteiger charge is 2.07. The van der Waals surface area contributed by atoms with Crippen molar-refractivity contribution in [3.05, 3.63) is 48.0 Å². The van der Waals surface area contributed by atoms with E-state index in [-0.39, 0.29) is 5.97 Å². The third kappa shape index (κ3) is 5.18. The Morgan fingerprint density at radius 1 is 0.909 bits per heavy atom. The lowest BCUT2D eigenvalue weighted by molar-refractivity contribution is -0.142. The van der Waals surface area contributed by atoms with Gasteiger partial charge in [-0.3, -0.25) is 4.79 Å². The lowest BCUT2D eigenvalue weighted by Gasteiger charge is -2.07. The van der Waals surface area contributed by atoms with Crippen LogP contribution in [0.5, 0.6) is 0 Å². The summed E-state index contributed by atoms with van der Waals surface area (Å²) in [4.78, 5) is 12.0. The normalized spacial score (nSPS) is 10.8. The molecule has 2 heteroatoms. The number of fused-ring (bicyclic) bond motifs is 1. The molecule has 2 rings (SSSR count). The standard InChI is InChI=1S/C20H26O2/c1-2-3-4-5-6-9-15-22-20(21)16-18-13-10-12-17-11-7-8-14-19(17)18/h7-8,10-14H,2-6,9,15-16H2,1H3. The molecular formula is C20H26O2. The second kappa shape index (κ2) is 9.24. The fraction of sp³-hybridized carbons (Fsp3) is 0.450. The molecule has 0 aliphatic heterocycles. The number of hydrogen-bond donors (Lipinski definition) is 0. The molecule has 0 saturated carbocycles. The molecule has 0 aromatic heterocycles. The van der Waals surface area contributed by atoms with Gasteiger partial charge in [-0.25, -0.2) is 0 Å². The summed E-state index contributed by atoms with van der Waals surface area (Å²) >= 11 is 0. The smallest absolute Gasteiger partial charge is 0.310 e. The highest BCUT2D eigenvalue weighted by molar-refractivity contribution is 5.88. The topological polar surface area (TPSA) is 26.3 Å². The van der Waals surface area contributed by atoms with Crippen LogP contribution in [-0.2, 0) is 16.0 Å². The van der Waals surface area contributed by atoms with Crippen LogP contribution in [0.4, 0.5) is 0 Å². The average molecular weight is 298 g/mol. The highest BCUT2D eigenvalue weighted by atomic mass is 16.5. The van der Waals surface area contributed by atoms with E-state index in [4.69, 9.17) is 4.74 Å². The minimum absolute atomic E-state index is 0.120. The molecular weight excluding hydrogens is 272 g/mol. The SMILES string of the molecule is CCCCCCCCOC(=O)Cc1cccc2ccccc12. The van der Waals surface area contributed by atoms with Crippen LogP contribution in [0.3, 0.4) is 0 Å². The van der Waals surface area contributed by atoms with Crippen LogP contribution in [0.15, 0.2) is 42.5 Å². The fourth-order valence-corrected chi connectivity index (χ4v) is 2.72. The van der Waals surface area contributed by atoms with Gasteiger partial charge in [0.05, 0.1) is 13.0 Å². The van der Waals surface area contributed by atoms with Gasteiger partial charge in [0.1, 0.15) is 0 Å². The van der Waals surface area contributed by atoms with E-state index >= 15 is 0 Å². The molecule has 2 aromatic rings. The Bertz CT molecular complexity index is 584. The molecule has 0 heterocycles. The van der Waals surface area contributed by atoms with Gasteiger partial charge in [-0.15, -0.1) is 0 Å². The van der Waals surface area contributed by atoms with Gasteiger partial charge in [-0.2, -0.15) is 0 Å². The van der Waals surface area contributed by atoms with Gasteiger partial charge >= 0.3 is 5.97 Å². The van der Waals surface area contributed by atoms with Gasteiger partial charge < -0.3 is 4.74 Å². The first-order chi connectivity index (χ1) is 10.8. The maximum atomic E-state index is 12.0. The summed E-state index contributed by atoms with van der Waals surface area (Å²) in [7, 11) is 0. The van der Waals surface area contributed by atoms with E-state index in [2.05, 4.69) is 25.1 Å². The summed E-state index contributed by atoms with van der Waals surface area (Å²) in [6.45, 7) is 2.77. The Labute approximate surface area is 133 Å². The van der Waals surface area contributed by atoms with Gasteiger partial charge in [0.25, 0.3) is 0 Å². The largest absolute Gasteiger partial charge is 0.465 e. The molecule has 0 radical (unpaired) electrons. The number of hydrogen-bond acceptors (Lipinski definition) is 2. The molecule has 2 nitrogen and oxygen atoms in total. The first-order valence-corrected chi connectivity index (χ1v) is 8.43. The number of benzene rings is 2. The molecule has 0 saturated heterocycles. The van der Waals surface area contributed by atoms with Gasteiger partial charge in [0.2, 0.25) is 0 Å². The molecule has 0 aliphatic rings. The van der Waals surface area contributed by atoms with E-state index < -0.39 is 0 Å². The molecule has 118 valence electrons. The Kier molecular flexibility index (Phi) is 6.95. The lowest BCUT2D eigenvalue weighted by atomic mass is 10.0. The van der Waals surface area contributed by atoms with Crippen molar-refractivity contribution >= 4 is 16.7 Å². The van der Waals surface area contributed by atoms with Crippen molar-refractivity contribution in [3.8, 4) is 0 Å². The van der Waals surface area contributed by atoms with Crippen LogP contribution in [0.25, 0.3) is 10.8 Å². The van der Waals surface area contributed by atoms with Crippen molar-refractivity contribution < 1.29 is 9.53 Å². The molecule has 0 atom stereocenters. The zero-order valence-corrected chi connectivity index (χ0v) is 13.5. The maximum Gasteiger partial charge on any atom is 0.310 e. The van der Waals surface area contributed by atoms with Gasteiger partial charge in [-0.1, -0.05) is 81.5 Å². The Hall–Kier alpha value is -1.83. The van der Waals surface area contributed by atoms with Crippen molar-refractivity contribution in [2.45, 2.75) is 51.9 Å². The number of unbranched alkanes of at least 4 members (excludes halogenated alkanes) is 5. The molecule has 22 heavy (non-hydrogen) atoms. The summed E-state index contributed by atoms with van der Waals surface area (Å²) in [5.41, 5.74) is 1.05. The van der Waals surface area contributed by atoms with Gasteiger partial charge in [0.15, 0.2) is 0 Å².